The zero-order valence-electron chi connectivity index (χ0n) is 19.7. The number of benzene rings is 2. The van der Waals surface area contributed by atoms with Crippen molar-refractivity contribution in [3.05, 3.63) is 86.3 Å². The van der Waals surface area contributed by atoms with Crippen molar-refractivity contribution in [3.63, 3.8) is 0 Å². The maximum atomic E-state index is 13.1. The van der Waals surface area contributed by atoms with Crippen LogP contribution in [0, 0.1) is 0 Å². The minimum atomic E-state index is -4.97. The summed E-state index contributed by atoms with van der Waals surface area (Å²) in [5, 5.41) is -0.00213. The van der Waals surface area contributed by atoms with Crippen LogP contribution in [0.3, 0.4) is 0 Å². The van der Waals surface area contributed by atoms with Gasteiger partial charge in [-0.3, -0.25) is 14.2 Å². The number of carbonyl (C=O) groups excluding carboxylic acids is 1. The van der Waals surface area contributed by atoms with E-state index >= 15 is 0 Å². The standard InChI is InChI=1S/C22H14F6N4O6S2/c1-31-16(21(23,24)25)9-17(33)32(20(31)35)12-4-7-15-14(8-12)18(29-39-15)19(34)30-40(36,37)10-11-2-5-13(6-3-11)38-22(26,27)28/h2-9H,10H2,1H3,(H,30,34). The van der Waals surface area contributed by atoms with Gasteiger partial charge in [0.05, 0.1) is 16.1 Å². The lowest BCUT2D eigenvalue weighted by Gasteiger charge is -2.14. The van der Waals surface area contributed by atoms with Gasteiger partial charge in [0.1, 0.15) is 11.4 Å². The van der Waals surface area contributed by atoms with Gasteiger partial charge < -0.3 is 4.74 Å². The van der Waals surface area contributed by atoms with E-state index in [0.717, 1.165) is 48.9 Å². The minimum absolute atomic E-state index is 0.00213. The molecule has 4 rings (SSSR count). The Hall–Kier alpha value is -4.19. The SMILES string of the molecule is Cn1c(C(F)(F)F)cc(=O)n(-c2ccc3snc(C(=O)NS(=O)(=O)Cc4ccc(OC(F)(F)F)cc4)c3c2)c1=O. The third kappa shape index (κ3) is 6.17. The fourth-order valence-corrected chi connectivity index (χ4v) is 5.43. The summed E-state index contributed by atoms with van der Waals surface area (Å²) < 4.78 is 112. The Morgan fingerprint density at radius 1 is 1.02 bits per heavy atom. The van der Waals surface area contributed by atoms with E-state index in [1.165, 1.54) is 12.1 Å². The molecule has 0 saturated carbocycles. The minimum Gasteiger partial charge on any atom is -0.406 e. The molecular weight excluding hydrogens is 594 g/mol. The van der Waals surface area contributed by atoms with Crippen molar-refractivity contribution in [2.75, 3.05) is 0 Å². The molecule has 2 aromatic heterocycles. The second-order valence-corrected chi connectivity index (χ2v) is 10.7. The average molecular weight is 608 g/mol. The monoisotopic (exact) mass is 608 g/mol. The smallest absolute Gasteiger partial charge is 0.406 e. The average Bonchev–Trinajstić information content (AvgIpc) is 3.24. The molecule has 1 N–H and O–H groups in total. The molecule has 40 heavy (non-hydrogen) atoms. The highest BCUT2D eigenvalue weighted by Crippen LogP contribution is 2.28. The van der Waals surface area contributed by atoms with E-state index in [-0.39, 0.29) is 27.3 Å². The Labute approximate surface area is 223 Å². The molecule has 4 aromatic rings. The Kier molecular flexibility index (Phi) is 7.26. The predicted octanol–water partition coefficient (Wildman–Crippen LogP) is 3.32. The normalized spacial score (nSPS) is 12.5. The number of ether oxygens (including phenoxy) is 1. The van der Waals surface area contributed by atoms with E-state index in [9.17, 15) is 49.1 Å². The van der Waals surface area contributed by atoms with Crippen LogP contribution in [0.5, 0.6) is 5.75 Å². The Morgan fingerprint density at radius 2 is 1.68 bits per heavy atom. The van der Waals surface area contributed by atoms with Crippen LogP contribution in [-0.2, 0) is 29.0 Å². The number of carbonyl (C=O) groups is 1. The molecule has 0 unspecified atom stereocenters. The molecule has 10 nitrogen and oxygen atoms in total. The highest BCUT2D eigenvalue weighted by molar-refractivity contribution is 7.89. The van der Waals surface area contributed by atoms with Crippen molar-refractivity contribution < 1.29 is 44.3 Å². The zero-order chi connectivity index (χ0) is 29.6. The number of sulfonamides is 1. The third-order valence-electron chi connectivity index (χ3n) is 5.30. The summed E-state index contributed by atoms with van der Waals surface area (Å²) in [5.41, 5.74) is -4.68. The van der Waals surface area contributed by atoms with Gasteiger partial charge in [-0.25, -0.2) is 22.5 Å². The highest BCUT2D eigenvalue weighted by Gasteiger charge is 2.35. The zero-order valence-corrected chi connectivity index (χ0v) is 21.3. The fourth-order valence-electron chi connectivity index (χ4n) is 3.60. The molecule has 0 aliphatic carbocycles. The van der Waals surface area contributed by atoms with Gasteiger partial charge in [-0.2, -0.15) is 17.5 Å². The summed E-state index contributed by atoms with van der Waals surface area (Å²) in [6.45, 7) is 0. The first-order valence-electron chi connectivity index (χ1n) is 10.6. The van der Waals surface area contributed by atoms with Crippen LogP contribution in [-0.4, -0.2) is 34.2 Å². The van der Waals surface area contributed by atoms with Gasteiger partial charge in [0.25, 0.3) is 11.5 Å². The maximum absolute atomic E-state index is 13.1. The summed E-state index contributed by atoms with van der Waals surface area (Å²) in [5.74, 6) is -2.58. The molecule has 1 amide bonds. The molecule has 0 spiro atoms. The molecule has 0 aliphatic rings. The van der Waals surface area contributed by atoms with Crippen LogP contribution < -0.4 is 20.7 Å². The number of nitrogens with one attached hydrogen (secondary N) is 1. The van der Waals surface area contributed by atoms with Gasteiger partial charge in [-0.05, 0) is 47.4 Å². The van der Waals surface area contributed by atoms with Crippen molar-refractivity contribution in [2.45, 2.75) is 18.3 Å². The van der Waals surface area contributed by atoms with Gasteiger partial charge in [0.15, 0.2) is 5.69 Å². The number of amides is 1. The molecule has 0 saturated heterocycles. The first kappa shape index (κ1) is 28.8. The third-order valence-corrected chi connectivity index (χ3v) is 7.34. The van der Waals surface area contributed by atoms with Crippen LogP contribution in [0.1, 0.15) is 21.7 Å². The molecule has 212 valence electrons. The lowest BCUT2D eigenvalue weighted by molar-refractivity contribution is -0.274. The summed E-state index contributed by atoms with van der Waals surface area (Å²) in [6.07, 6.45) is -9.91. The largest absolute Gasteiger partial charge is 0.573 e. The summed E-state index contributed by atoms with van der Waals surface area (Å²) in [7, 11) is -3.56. The van der Waals surface area contributed by atoms with Gasteiger partial charge in [-0.1, -0.05) is 12.1 Å². The number of rotatable bonds is 6. The topological polar surface area (TPSA) is 129 Å². The first-order chi connectivity index (χ1) is 18.4. The van der Waals surface area contributed by atoms with Crippen molar-refractivity contribution in [1.29, 1.82) is 0 Å². The summed E-state index contributed by atoms with van der Waals surface area (Å²) >= 11 is 0.769. The van der Waals surface area contributed by atoms with Crippen LogP contribution in [0.4, 0.5) is 26.3 Å². The predicted molar refractivity (Wildman–Crippen MR) is 129 cm³/mol. The molecule has 18 heteroatoms. The second kappa shape index (κ2) is 10.1. The quantitative estimate of drug-likeness (QED) is 0.333. The van der Waals surface area contributed by atoms with E-state index in [0.29, 0.717) is 9.27 Å². The van der Waals surface area contributed by atoms with Gasteiger partial charge >= 0.3 is 18.2 Å². The van der Waals surface area contributed by atoms with Gasteiger partial charge in [0.2, 0.25) is 10.0 Å². The van der Waals surface area contributed by atoms with Crippen LogP contribution in [0.15, 0.2) is 58.1 Å². The van der Waals surface area contributed by atoms with Crippen molar-refractivity contribution in [2.24, 2.45) is 7.05 Å². The molecule has 2 aromatic carbocycles. The van der Waals surface area contributed by atoms with E-state index in [4.69, 9.17) is 0 Å². The van der Waals surface area contributed by atoms with Crippen molar-refractivity contribution in [3.8, 4) is 11.4 Å². The lowest BCUT2D eigenvalue weighted by atomic mass is 10.2. The summed E-state index contributed by atoms with van der Waals surface area (Å²) in [6, 6.07) is 7.82. The number of alkyl halides is 6. The Morgan fingerprint density at radius 3 is 2.27 bits per heavy atom. The van der Waals surface area contributed by atoms with Crippen molar-refractivity contribution in [1.82, 2.24) is 18.2 Å². The molecule has 0 bridgehead atoms. The highest BCUT2D eigenvalue weighted by atomic mass is 32.2. The van der Waals surface area contributed by atoms with E-state index in [1.807, 2.05) is 0 Å². The Balaban J connectivity index is 1.61. The van der Waals surface area contributed by atoms with Crippen LogP contribution in [0.2, 0.25) is 0 Å². The second-order valence-electron chi connectivity index (χ2n) is 8.14. The number of hydrogen-bond acceptors (Lipinski definition) is 8. The van der Waals surface area contributed by atoms with Crippen LogP contribution in [0.25, 0.3) is 15.8 Å². The lowest BCUT2D eigenvalue weighted by Crippen LogP contribution is -2.40. The maximum Gasteiger partial charge on any atom is 0.573 e. The van der Waals surface area contributed by atoms with Gasteiger partial charge in [0, 0.05) is 18.5 Å². The number of aromatic nitrogens is 3. The molecule has 2 heterocycles. The molecule has 0 aliphatic heterocycles. The first-order valence-corrected chi connectivity index (χ1v) is 13.1. The van der Waals surface area contributed by atoms with Crippen LogP contribution >= 0.6 is 11.5 Å². The molecule has 0 atom stereocenters. The molecule has 0 fully saturated rings. The summed E-state index contributed by atoms with van der Waals surface area (Å²) in [4.78, 5) is 37.8. The fraction of sp³-hybridized carbons (Fsp3) is 0.182. The number of fused-ring (bicyclic) bond motifs is 1. The number of halogens is 6. The number of nitrogens with zero attached hydrogens (tertiary/aromatic N) is 3. The molecule has 0 radical (unpaired) electrons. The van der Waals surface area contributed by atoms with Crippen molar-refractivity contribution >= 4 is 37.5 Å². The number of hydrogen-bond donors (Lipinski definition) is 1. The van der Waals surface area contributed by atoms with Gasteiger partial charge in [-0.15, -0.1) is 13.2 Å². The van der Waals surface area contributed by atoms with E-state index in [2.05, 4.69) is 9.11 Å². The Bertz CT molecular complexity index is 1840. The molecular formula is C22H14F6N4O6S2. The van der Waals surface area contributed by atoms with E-state index < -0.39 is 62.6 Å². The van der Waals surface area contributed by atoms with E-state index in [1.54, 1.807) is 4.72 Å².